The molecule has 2 saturated carbocycles. The lowest BCUT2D eigenvalue weighted by atomic mass is 9.73. The molecule has 7 rings (SSSR count). The third-order valence-corrected chi connectivity index (χ3v) is 9.93. The Labute approximate surface area is 240 Å². The number of non-ortho nitro benzene ring substituents is 1. The SMILES string of the molecule is CCOC(=O)c1ccc2c(c1)/C(=C1/c3c(C)cc([N+](=O)[O-])cc3CC[C@@H]1OCc1ccccc1)C1C2[C@@H]2CC[C@H]1C2. The molecule has 0 spiro atoms. The van der Waals surface area contributed by atoms with Gasteiger partial charge in [-0.3, -0.25) is 10.1 Å². The molecule has 2 unspecified atom stereocenters. The van der Waals surface area contributed by atoms with Gasteiger partial charge in [-0.25, -0.2) is 4.79 Å². The van der Waals surface area contributed by atoms with Crippen LogP contribution in [0.5, 0.6) is 0 Å². The van der Waals surface area contributed by atoms with Crippen LogP contribution in [0.4, 0.5) is 5.69 Å². The van der Waals surface area contributed by atoms with Crippen LogP contribution in [-0.4, -0.2) is 23.6 Å². The molecule has 0 aromatic heterocycles. The number of ether oxygens (including phenoxy) is 2. The largest absolute Gasteiger partial charge is 0.462 e. The van der Waals surface area contributed by atoms with Gasteiger partial charge in [0.2, 0.25) is 0 Å². The average molecular weight is 550 g/mol. The average Bonchev–Trinajstić information content (AvgIpc) is 3.68. The summed E-state index contributed by atoms with van der Waals surface area (Å²) in [6.45, 7) is 4.66. The standard InChI is InChI=1S/C35H35NO5/c1-3-40-35(37)25-11-13-27-28(18-25)33(32-23-10-9-22(16-23)31(27)32)34-29(41-19-21-7-5-4-6-8-21)14-12-24-17-26(36(38)39)15-20(2)30(24)34/h4-8,11,13,15,17-18,22-23,29,31-32H,3,9-10,12,14,16,19H2,1-2H3/b34-33-/t22-,23+,29+,31?,32?/m1/s1. The first-order valence-electron chi connectivity index (χ1n) is 14.9. The summed E-state index contributed by atoms with van der Waals surface area (Å²) >= 11 is 0. The van der Waals surface area contributed by atoms with E-state index in [0.717, 1.165) is 40.7 Å². The summed E-state index contributed by atoms with van der Waals surface area (Å²) in [7, 11) is 0. The maximum atomic E-state index is 12.9. The second kappa shape index (κ2) is 10.3. The van der Waals surface area contributed by atoms with Crippen LogP contribution in [0.2, 0.25) is 0 Å². The summed E-state index contributed by atoms with van der Waals surface area (Å²) in [6.07, 6.45) is 5.07. The second-order valence-corrected chi connectivity index (χ2v) is 12.1. The third-order valence-electron chi connectivity index (χ3n) is 9.93. The zero-order valence-corrected chi connectivity index (χ0v) is 23.6. The van der Waals surface area contributed by atoms with Gasteiger partial charge in [-0.2, -0.15) is 0 Å². The van der Waals surface area contributed by atoms with E-state index in [9.17, 15) is 14.9 Å². The van der Waals surface area contributed by atoms with Gasteiger partial charge in [0.15, 0.2) is 0 Å². The molecule has 5 atom stereocenters. The van der Waals surface area contributed by atoms with Gasteiger partial charge in [-0.1, -0.05) is 36.4 Å². The van der Waals surface area contributed by atoms with Crippen LogP contribution in [0.1, 0.15) is 82.3 Å². The van der Waals surface area contributed by atoms with E-state index >= 15 is 0 Å². The molecular weight excluding hydrogens is 514 g/mol. The summed E-state index contributed by atoms with van der Waals surface area (Å²) in [4.78, 5) is 24.4. The van der Waals surface area contributed by atoms with Crippen molar-refractivity contribution in [1.29, 1.82) is 0 Å². The topological polar surface area (TPSA) is 78.7 Å². The number of allylic oxidation sites excluding steroid dienone is 1. The molecule has 0 aliphatic heterocycles. The minimum Gasteiger partial charge on any atom is -0.462 e. The van der Waals surface area contributed by atoms with Gasteiger partial charge in [0.25, 0.3) is 5.69 Å². The molecule has 0 N–H and O–H groups in total. The van der Waals surface area contributed by atoms with E-state index in [1.807, 2.05) is 38.1 Å². The second-order valence-electron chi connectivity index (χ2n) is 12.1. The minimum atomic E-state index is -0.299. The molecule has 2 bridgehead atoms. The Bertz CT molecular complexity index is 1570. The van der Waals surface area contributed by atoms with Crippen LogP contribution in [0.3, 0.4) is 0 Å². The molecule has 3 aromatic carbocycles. The number of nitro benzene ring substituents is 1. The maximum Gasteiger partial charge on any atom is 0.338 e. The zero-order valence-electron chi connectivity index (χ0n) is 23.6. The molecule has 0 heterocycles. The molecule has 41 heavy (non-hydrogen) atoms. The lowest BCUT2D eigenvalue weighted by Crippen LogP contribution is -2.26. The Kier molecular flexibility index (Phi) is 6.54. The quantitative estimate of drug-likeness (QED) is 0.179. The van der Waals surface area contributed by atoms with Gasteiger partial charge in [0.1, 0.15) is 0 Å². The number of nitro groups is 1. The molecule has 0 radical (unpaired) electrons. The number of rotatable bonds is 6. The summed E-state index contributed by atoms with van der Waals surface area (Å²) in [6, 6.07) is 19.9. The Balaban J connectivity index is 1.44. The smallest absolute Gasteiger partial charge is 0.338 e. The van der Waals surface area contributed by atoms with E-state index < -0.39 is 0 Å². The fourth-order valence-electron chi connectivity index (χ4n) is 8.45. The van der Waals surface area contributed by atoms with Crippen molar-refractivity contribution in [3.05, 3.63) is 110 Å². The van der Waals surface area contributed by atoms with E-state index in [2.05, 4.69) is 24.3 Å². The van der Waals surface area contributed by atoms with Gasteiger partial charge in [0.05, 0.1) is 29.8 Å². The Morgan fingerprint density at radius 2 is 1.76 bits per heavy atom. The number of carbonyl (C=O) groups excluding carboxylic acids is 1. The predicted octanol–water partition coefficient (Wildman–Crippen LogP) is 7.67. The molecular formula is C35H35NO5. The summed E-state index contributed by atoms with van der Waals surface area (Å²) in [5.41, 5.74) is 9.85. The normalized spacial score (nSPS) is 27.3. The molecule has 0 amide bonds. The first kappa shape index (κ1) is 26.1. The maximum absolute atomic E-state index is 12.9. The van der Waals surface area contributed by atoms with Crippen LogP contribution in [0.15, 0.2) is 60.7 Å². The van der Waals surface area contributed by atoms with Crippen molar-refractivity contribution in [2.75, 3.05) is 6.61 Å². The Morgan fingerprint density at radius 1 is 0.976 bits per heavy atom. The van der Waals surface area contributed by atoms with Crippen molar-refractivity contribution in [1.82, 2.24) is 0 Å². The number of carbonyl (C=O) groups is 1. The van der Waals surface area contributed by atoms with Gasteiger partial charge >= 0.3 is 5.97 Å². The molecule has 4 aliphatic rings. The van der Waals surface area contributed by atoms with Gasteiger partial charge in [0, 0.05) is 12.1 Å². The number of benzene rings is 3. The molecule has 3 aromatic rings. The number of aryl methyl sites for hydroxylation is 2. The highest BCUT2D eigenvalue weighted by atomic mass is 16.6. The lowest BCUT2D eigenvalue weighted by Gasteiger charge is -2.34. The summed E-state index contributed by atoms with van der Waals surface area (Å²) in [5.74, 6) is 1.78. The van der Waals surface area contributed by atoms with Crippen molar-refractivity contribution in [2.45, 2.75) is 64.6 Å². The van der Waals surface area contributed by atoms with E-state index in [4.69, 9.17) is 9.47 Å². The van der Waals surface area contributed by atoms with Crippen molar-refractivity contribution in [3.8, 4) is 0 Å². The first-order valence-corrected chi connectivity index (χ1v) is 14.9. The number of esters is 1. The van der Waals surface area contributed by atoms with E-state index in [1.54, 1.807) is 12.1 Å². The Hall–Kier alpha value is -3.77. The molecule has 6 heteroatoms. The van der Waals surface area contributed by atoms with Crippen LogP contribution in [-0.2, 0) is 22.5 Å². The fourth-order valence-corrected chi connectivity index (χ4v) is 8.45. The highest BCUT2D eigenvalue weighted by molar-refractivity contribution is 6.01. The van der Waals surface area contributed by atoms with Crippen molar-refractivity contribution < 1.29 is 19.2 Å². The monoisotopic (exact) mass is 549 g/mol. The van der Waals surface area contributed by atoms with Crippen molar-refractivity contribution >= 4 is 22.8 Å². The number of hydrogen-bond donors (Lipinski definition) is 0. The van der Waals surface area contributed by atoms with Crippen LogP contribution in [0.25, 0.3) is 11.1 Å². The number of hydrogen-bond acceptors (Lipinski definition) is 5. The third kappa shape index (κ3) is 4.31. The molecule has 6 nitrogen and oxygen atoms in total. The summed E-state index contributed by atoms with van der Waals surface area (Å²) < 4.78 is 12.2. The van der Waals surface area contributed by atoms with Crippen LogP contribution >= 0.6 is 0 Å². The van der Waals surface area contributed by atoms with Gasteiger partial charge < -0.3 is 9.47 Å². The minimum absolute atomic E-state index is 0.142. The molecule has 4 aliphatic carbocycles. The van der Waals surface area contributed by atoms with Crippen LogP contribution < -0.4 is 0 Å². The highest BCUT2D eigenvalue weighted by Crippen LogP contribution is 2.67. The molecule has 2 fully saturated rings. The van der Waals surface area contributed by atoms with E-state index in [1.165, 1.54) is 36.0 Å². The van der Waals surface area contributed by atoms with Gasteiger partial charge in [-0.15, -0.1) is 0 Å². The Morgan fingerprint density at radius 3 is 2.51 bits per heavy atom. The van der Waals surface area contributed by atoms with Crippen molar-refractivity contribution in [2.24, 2.45) is 17.8 Å². The van der Waals surface area contributed by atoms with Crippen molar-refractivity contribution in [3.63, 3.8) is 0 Å². The number of nitrogens with zero attached hydrogens (tertiary/aromatic N) is 1. The van der Waals surface area contributed by atoms with Crippen LogP contribution in [0, 0.1) is 34.8 Å². The van der Waals surface area contributed by atoms with Gasteiger partial charge in [-0.05, 0) is 126 Å². The zero-order chi connectivity index (χ0) is 28.2. The fraction of sp³-hybridized carbons (Fsp3) is 0.400. The highest BCUT2D eigenvalue weighted by Gasteiger charge is 2.55. The lowest BCUT2D eigenvalue weighted by molar-refractivity contribution is -0.385. The molecule has 0 saturated heterocycles. The first-order chi connectivity index (χ1) is 19.9. The summed E-state index contributed by atoms with van der Waals surface area (Å²) in [5, 5.41) is 11.8. The predicted molar refractivity (Wildman–Crippen MR) is 157 cm³/mol. The molecule has 210 valence electrons. The van der Waals surface area contributed by atoms with E-state index in [-0.39, 0.29) is 22.7 Å². The van der Waals surface area contributed by atoms with E-state index in [0.29, 0.717) is 42.4 Å². The number of fused-ring (bicyclic) bond motifs is 8.